The van der Waals surface area contributed by atoms with Gasteiger partial charge in [0, 0.05) is 0 Å². The smallest absolute Gasteiger partial charge is 0.338 e. The molecule has 0 aliphatic rings. The Bertz CT molecular complexity index is 707. The summed E-state index contributed by atoms with van der Waals surface area (Å²) in [5.41, 5.74) is 2.62. The Morgan fingerprint density at radius 1 is 1.04 bits per heavy atom. The summed E-state index contributed by atoms with van der Waals surface area (Å²) in [4.78, 5) is 23.9. The molecule has 5 heteroatoms. The molecular weight excluding hydrogens is 318 g/mol. The van der Waals surface area contributed by atoms with E-state index in [4.69, 9.17) is 9.47 Å². The Hall–Kier alpha value is -2.82. The monoisotopic (exact) mass is 341 g/mol. The predicted octanol–water partition coefficient (Wildman–Crippen LogP) is 3.29. The summed E-state index contributed by atoms with van der Waals surface area (Å²) < 4.78 is 10.1. The van der Waals surface area contributed by atoms with E-state index in [1.54, 1.807) is 31.4 Å². The van der Waals surface area contributed by atoms with Gasteiger partial charge in [-0.25, -0.2) is 4.79 Å². The van der Waals surface area contributed by atoms with Gasteiger partial charge in [0.1, 0.15) is 5.75 Å². The minimum atomic E-state index is -0.544. The first-order valence-electron chi connectivity index (χ1n) is 8.23. The van der Waals surface area contributed by atoms with Crippen LogP contribution in [0.3, 0.4) is 0 Å². The summed E-state index contributed by atoms with van der Waals surface area (Å²) in [6, 6.07) is 14.4. The van der Waals surface area contributed by atoms with Crippen molar-refractivity contribution in [2.75, 3.05) is 13.7 Å². The van der Waals surface area contributed by atoms with Crippen LogP contribution in [0.1, 0.15) is 41.4 Å². The molecule has 0 saturated heterocycles. The lowest BCUT2D eigenvalue weighted by Gasteiger charge is -2.15. The molecule has 0 aliphatic carbocycles. The van der Waals surface area contributed by atoms with Gasteiger partial charge in [0.05, 0.1) is 18.7 Å². The van der Waals surface area contributed by atoms with Crippen molar-refractivity contribution in [2.24, 2.45) is 0 Å². The van der Waals surface area contributed by atoms with E-state index in [0.29, 0.717) is 11.3 Å². The van der Waals surface area contributed by atoms with Crippen LogP contribution in [0.15, 0.2) is 48.5 Å². The summed E-state index contributed by atoms with van der Waals surface area (Å²) in [7, 11) is 1.55. The molecule has 1 N–H and O–H groups in total. The lowest BCUT2D eigenvalue weighted by atomic mass is 10.1. The van der Waals surface area contributed by atoms with Crippen molar-refractivity contribution in [1.82, 2.24) is 5.32 Å². The van der Waals surface area contributed by atoms with E-state index in [9.17, 15) is 9.59 Å². The van der Waals surface area contributed by atoms with Crippen molar-refractivity contribution >= 4 is 11.9 Å². The molecule has 0 saturated carbocycles. The number of hydrogen-bond acceptors (Lipinski definition) is 4. The van der Waals surface area contributed by atoms with Crippen LogP contribution in [0.2, 0.25) is 0 Å². The Morgan fingerprint density at radius 3 is 2.24 bits per heavy atom. The number of amides is 1. The molecule has 0 spiro atoms. The molecule has 0 aromatic heterocycles. The highest BCUT2D eigenvalue weighted by Gasteiger charge is 2.13. The van der Waals surface area contributed by atoms with Gasteiger partial charge in [0.15, 0.2) is 6.61 Å². The zero-order valence-corrected chi connectivity index (χ0v) is 14.7. The number of rotatable bonds is 7. The van der Waals surface area contributed by atoms with Gasteiger partial charge >= 0.3 is 5.97 Å². The van der Waals surface area contributed by atoms with E-state index in [1.807, 2.05) is 31.2 Å². The van der Waals surface area contributed by atoms with Crippen LogP contribution in [-0.2, 0) is 16.0 Å². The van der Waals surface area contributed by atoms with E-state index in [0.717, 1.165) is 12.0 Å². The normalized spacial score (nSPS) is 11.5. The van der Waals surface area contributed by atoms with Gasteiger partial charge in [0.2, 0.25) is 0 Å². The molecule has 25 heavy (non-hydrogen) atoms. The molecule has 2 rings (SSSR count). The molecule has 2 aromatic rings. The summed E-state index contributed by atoms with van der Waals surface area (Å²) in [5, 5.41) is 2.82. The minimum absolute atomic E-state index is 0.155. The van der Waals surface area contributed by atoms with E-state index in [1.165, 1.54) is 5.56 Å². The van der Waals surface area contributed by atoms with Gasteiger partial charge in [-0.2, -0.15) is 0 Å². The second-order valence-corrected chi connectivity index (χ2v) is 5.69. The van der Waals surface area contributed by atoms with Crippen LogP contribution in [0, 0.1) is 0 Å². The van der Waals surface area contributed by atoms with Crippen molar-refractivity contribution in [3.05, 3.63) is 65.2 Å². The first-order valence-corrected chi connectivity index (χ1v) is 8.23. The van der Waals surface area contributed by atoms with E-state index in [-0.39, 0.29) is 18.6 Å². The fourth-order valence-corrected chi connectivity index (χ4v) is 2.35. The van der Waals surface area contributed by atoms with Crippen LogP contribution in [0.25, 0.3) is 0 Å². The number of esters is 1. The molecule has 132 valence electrons. The second kappa shape index (κ2) is 8.87. The standard InChI is InChI=1S/C20H23NO4/c1-4-15-5-7-16(8-6-15)14(2)21-19(22)13-25-20(23)17-9-11-18(24-3)12-10-17/h5-12,14H,4,13H2,1-3H3,(H,21,22)/t14-/m1/s1. The molecule has 5 nitrogen and oxygen atoms in total. The van der Waals surface area contributed by atoms with Crippen LogP contribution in [0.5, 0.6) is 5.75 Å². The first kappa shape index (κ1) is 18.5. The van der Waals surface area contributed by atoms with Gasteiger partial charge in [-0.1, -0.05) is 31.2 Å². The lowest BCUT2D eigenvalue weighted by molar-refractivity contribution is -0.124. The van der Waals surface area contributed by atoms with Gasteiger partial charge in [-0.05, 0) is 48.7 Å². The van der Waals surface area contributed by atoms with E-state index >= 15 is 0 Å². The number of carbonyl (C=O) groups excluding carboxylic acids is 2. The second-order valence-electron chi connectivity index (χ2n) is 5.69. The largest absolute Gasteiger partial charge is 0.497 e. The maximum atomic E-state index is 12.0. The van der Waals surface area contributed by atoms with Crippen molar-refractivity contribution in [3.8, 4) is 5.75 Å². The quantitative estimate of drug-likeness (QED) is 0.785. The van der Waals surface area contributed by atoms with Crippen LogP contribution in [0.4, 0.5) is 0 Å². The molecule has 0 aliphatic heterocycles. The SMILES string of the molecule is CCc1ccc([C@@H](C)NC(=O)COC(=O)c2ccc(OC)cc2)cc1. The molecule has 1 atom stereocenters. The molecular formula is C20H23NO4. The number of nitrogens with one attached hydrogen (secondary N) is 1. The molecule has 1 amide bonds. The average Bonchev–Trinajstić information content (AvgIpc) is 2.66. The highest BCUT2D eigenvalue weighted by atomic mass is 16.5. The number of methoxy groups -OCH3 is 1. The van der Waals surface area contributed by atoms with Gasteiger partial charge in [0.25, 0.3) is 5.91 Å². The molecule has 0 heterocycles. The van der Waals surface area contributed by atoms with Crippen molar-refractivity contribution in [1.29, 1.82) is 0 Å². The third-order valence-electron chi connectivity index (χ3n) is 3.93. The third-order valence-corrected chi connectivity index (χ3v) is 3.93. The number of hydrogen-bond donors (Lipinski definition) is 1. The molecule has 0 fully saturated rings. The summed E-state index contributed by atoms with van der Waals surface area (Å²) >= 11 is 0. The van der Waals surface area contributed by atoms with E-state index < -0.39 is 5.97 Å². The topological polar surface area (TPSA) is 64.6 Å². The number of aryl methyl sites for hydroxylation is 1. The van der Waals surface area contributed by atoms with Crippen LogP contribution in [-0.4, -0.2) is 25.6 Å². The minimum Gasteiger partial charge on any atom is -0.497 e. The van der Waals surface area contributed by atoms with Crippen molar-refractivity contribution in [2.45, 2.75) is 26.3 Å². The van der Waals surface area contributed by atoms with Crippen LogP contribution >= 0.6 is 0 Å². The fourth-order valence-electron chi connectivity index (χ4n) is 2.35. The van der Waals surface area contributed by atoms with Gasteiger partial charge < -0.3 is 14.8 Å². The zero-order chi connectivity index (χ0) is 18.2. The maximum absolute atomic E-state index is 12.0. The zero-order valence-electron chi connectivity index (χ0n) is 14.7. The summed E-state index contributed by atoms with van der Waals surface area (Å²) in [6.45, 7) is 3.67. The Balaban J connectivity index is 1.83. The molecule has 2 aromatic carbocycles. The Kier molecular flexibility index (Phi) is 6.57. The highest BCUT2D eigenvalue weighted by molar-refractivity contribution is 5.91. The highest BCUT2D eigenvalue weighted by Crippen LogP contribution is 2.14. The number of carbonyl (C=O) groups is 2. The molecule has 0 bridgehead atoms. The van der Waals surface area contributed by atoms with E-state index in [2.05, 4.69) is 12.2 Å². The average molecular weight is 341 g/mol. The predicted molar refractivity (Wildman–Crippen MR) is 95.7 cm³/mol. The Morgan fingerprint density at radius 2 is 1.68 bits per heavy atom. The third kappa shape index (κ3) is 5.35. The molecule has 0 radical (unpaired) electrons. The first-order chi connectivity index (χ1) is 12.0. The number of ether oxygens (including phenoxy) is 2. The summed E-state index contributed by atoms with van der Waals surface area (Å²) in [5.74, 6) is -0.233. The van der Waals surface area contributed by atoms with Gasteiger partial charge in [-0.15, -0.1) is 0 Å². The van der Waals surface area contributed by atoms with Gasteiger partial charge in [-0.3, -0.25) is 4.79 Å². The fraction of sp³-hybridized carbons (Fsp3) is 0.300. The van der Waals surface area contributed by atoms with Crippen molar-refractivity contribution in [3.63, 3.8) is 0 Å². The number of benzene rings is 2. The molecule has 0 unspecified atom stereocenters. The maximum Gasteiger partial charge on any atom is 0.338 e. The lowest BCUT2D eigenvalue weighted by Crippen LogP contribution is -2.31. The van der Waals surface area contributed by atoms with Crippen LogP contribution < -0.4 is 10.1 Å². The Labute approximate surface area is 148 Å². The van der Waals surface area contributed by atoms with Crippen molar-refractivity contribution < 1.29 is 19.1 Å². The summed E-state index contributed by atoms with van der Waals surface area (Å²) in [6.07, 6.45) is 0.975.